The minimum atomic E-state index is 0.646. The molecule has 0 aliphatic carbocycles. The zero-order valence-electron chi connectivity index (χ0n) is 8.67. The summed E-state index contributed by atoms with van der Waals surface area (Å²) in [6.07, 6.45) is 2.58. The molecule has 1 aliphatic rings. The second-order valence-corrected chi connectivity index (χ2v) is 4.70. The highest BCUT2D eigenvalue weighted by molar-refractivity contribution is 7.99. The van der Waals surface area contributed by atoms with E-state index in [1.165, 1.54) is 12.8 Å². The number of thioether (sulfide) groups is 1. The van der Waals surface area contributed by atoms with Gasteiger partial charge in [0.2, 0.25) is 0 Å². The van der Waals surface area contributed by atoms with E-state index in [1.807, 2.05) is 13.8 Å². The average molecular weight is 212 g/mol. The third-order valence-electron chi connectivity index (χ3n) is 2.58. The fourth-order valence-electron chi connectivity index (χ4n) is 1.58. The molecule has 1 atom stereocenters. The van der Waals surface area contributed by atoms with Gasteiger partial charge >= 0.3 is 0 Å². The summed E-state index contributed by atoms with van der Waals surface area (Å²) in [7, 11) is 0. The molecule has 0 aromatic carbocycles. The van der Waals surface area contributed by atoms with Gasteiger partial charge in [-0.1, -0.05) is 11.8 Å². The maximum Gasteiger partial charge on any atom is 0.256 e. The van der Waals surface area contributed by atoms with Crippen molar-refractivity contribution in [2.45, 2.75) is 38.0 Å². The van der Waals surface area contributed by atoms with Crippen molar-refractivity contribution in [3.63, 3.8) is 0 Å². The third kappa shape index (κ3) is 2.30. The first-order chi connectivity index (χ1) is 6.75. The normalized spacial score (nSPS) is 21.7. The molecular weight excluding hydrogens is 196 g/mol. The van der Waals surface area contributed by atoms with Crippen molar-refractivity contribution in [2.24, 2.45) is 0 Å². The Morgan fingerprint density at radius 1 is 1.57 bits per heavy atom. The number of nitrogens with one attached hydrogen (secondary N) is 1. The van der Waals surface area contributed by atoms with E-state index in [-0.39, 0.29) is 0 Å². The van der Waals surface area contributed by atoms with Gasteiger partial charge in [-0.25, -0.2) is 4.98 Å². The van der Waals surface area contributed by atoms with Crippen molar-refractivity contribution in [1.29, 1.82) is 0 Å². The fourth-order valence-corrected chi connectivity index (χ4v) is 2.59. The van der Waals surface area contributed by atoms with Crippen LogP contribution >= 0.6 is 11.8 Å². The van der Waals surface area contributed by atoms with E-state index in [1.54, 1.807) is 11.8 Å². The van der Waals surface area contributed by atoms with E-state index < -0.39 is 0 Å². The van der Waals surface area contributed by atoms with Crippen LogP contribution in [0, 0.1) is 13.8 Å². The molecule has 4 heteroatoms. The average Bonchev–Trinajstić information content (AvgIpc) is 2.74. The third-order valence-corrected chi connectivity index (χ3v) is 3.57. The van der Waals surface area contributed by atoms with Gasteiger partial charge in [0.05, 0.1) is 5.69 Å². The molecule has 3 nitrogen and oxygen atoms in total. The molecule has 0 amide bonds. The molecule has 0 unspecified atom stereocenters. The predicted octanol–water partition coefficient (Wildman–Crippen LogP) is 2.14. The van der Waals surface area contributed by atoms with Crippen molar-refractivity contribution in [1.82, 2.24) is 10.3 Å². The first-order valence-electron chi connectivity index (χ1n) is 5.06. The highest BCUT2D eigenvalue weighted by Crippen LogP contribution is 2.22. The number of hydrogen-bond donors (Lipinski definition) is 1. The Morgan fingerprint density at radius 3 is 3.00 bits per heavy atom. The number of hydrogen-bond acceptors (Lipinski definition) is 4. The second-order valence-electron chi connectivity index (χ2n) is 3.73. The van der Waals surface area contributed by atoms with E-state index in [2.05, 4.69) is 10.3 Å². The molecule has 2 rings (SSSR count). The van der Waals surface area contributed by atoms with Crippen LogP contribution in [0.25, 0.3) is 0 Å². The van der Waals surface area contributed by atoms with Gasteiger partial charge in [-0.15, -0.1) is 0 Å². The molecule has 14 heavy (non-hydrogen) atoms. The van der Waals surface area contributed by atoms with Crippen LogP contribution in [0.3, 0.4) is 0 Å². The number of aromatic nitrogens is 1. The topological polar surface area (TPSA) is 38.1 Å². The van der Waals surface area contributed by atoms with E-state index in [0.717, 1.165) is 29.0 Å². The number of nitrogens with zero attached hydrogens (tertiary/aromatic N) is 1. The van der Waals surface area contributed by atoms with E-state index >= 15 is 0 Å². The molecule has 1 aliphatic heterocycles. The molecular formula is C10H16N2OS. The van der Waals surface area contributed by atoms with E-state index in [4.69, 9.17) is 4.42 Å². The smallest absolute Gasteiger partial charge is 0.256 e. The summed E-state index contributed by atoms with van der Waals surface area (Å²) in [6, 6.07) is 0.646. The van der Waals surface area contributed by atoms with Crippen molar-refractivity contribution >= 4 is 11.8 Å². The molecule has 78 valence electrons. The molecule has 1 N–H and O–H groups in total. The van der Waals surface area contributed by atoms with E-state index in [0.29, 0.717) is 6.04 Å². The lowest BCUT2D eigenvalue weighted by Gasteiger charge is -2.06. The Balaban J connectivity index is 1.85. The van der Waals surface area contributed by atoms with Crippen LogP contribution in [0.2, 0.25) is 0 Å². The molecule has 0 saturated carbocycles. The van der Waals surface area contributed by atoms with Gasteiger partial charge in [0.1, 0.15) is 5.76 Å². The summed E-state index contributed by atoms with van der Waals surface area (Å²) in [4.78, 5) is 4.34. The minimum Gasteiger partial charge on any atom is -0.437 e. The van der Waals surface area contributed by atoms with Gasteiger partial charge < -0.3 is 9.73 Å². The number of aryl methyl sites for hydroxylation is 2. The largest absolute Gasteiger partial charge is 0.437 e. The summed E-state index contributed by atoms with van der Waals surface area (Å²) in [5, 5.41) is 4.27. The summed E-state index contributed by atoms with van der Waals surface area (Å²) in [6.45, 7) is 5.10. The predicted molar refractivity (Wildman–Crippen MR) is 57.7 cm³/mol. The lowest BCUT2D eigenvalue weighted by molar-refractivity contribution is 0.430. The zero-order valence-corrected chi connectivity index (χ0v) is 9.49. The summed E-state index contributed by atoms with van der Waals surface area (Å²) < 4.78 is 5.50. The SMILES string of the molecule is Cc1nc(SC[C@@H]2CCCN2)oc1C. The fraction of sp³-hybridized carbons (Fsp3) is 0.700. The highest BCUT2D eigenvalue weighted by Gasteiger charge is 2.15. The Kier molecular flexibility index (Phi) is 3.13. The summed E-state index contributed by atoms with van der Waals surface area (Å²) in [5.74, 6) is 2.01. The first-order valence-corrected chi connectivity index (χ1v) is 6.04. The Morgan fingerprint density at radius 2 is 2.43 bits per heavy atom. The van der Waals surface area contributed by atoms with Crippen molar-refractivity contribution in [3.05, 3.63) is 11.5 Å². The molecule has 1 fully saturated rings. The van der Waals surface area contributed by atoms with Crippen molar-refractivity contribution in [2.75, 3.05) is 12.3 Å². The van der Waals surface area contributed by atoms with Crippen LogP contribution in [0.5, 0.6) is 0 Å². The van der Waals surface area contributed by atoms with Gasteiger partial charge in [-0.2, -0.15) is 0 Å². The van der Waals surface area contributed by atoms with Gasteiger partial charge in [0, 0.05) is 11.8 Å². The molecule has 2 heterocycles. The van der Waals surface area contributed by atoms with Crippen molar-refractivity contribution < 1.29 is 4.42 Å². The highest BCUT2D eigenvalue weighted by atomic mass is 32.2. The molecule has 0 radical (unpaired) electrons. The maximum atomic E-state index is 5.50. The van der Waals surface area contributed by atoms with Crippen LogP contribution in [0.1, 0.15) is 24.3 Å². The van der Waals surface area contributed by atoms with Gasteiger partial charge in [0.15, 0.2) is 0 Å². The molecule has 0 bridgehead atoms. The first kappa shape index (κ1) is 10.1. The number of oxazole rings is 1. The summed E-state index contributed by atoms with van der Waals surface area (Å²) >= 11 is 1.71. The van der Waals surface area contributed by atoms with Crippen LogP contribution < -0.4 is 5.32 Å². The monoisotopic (exact) mass is 212 g/mol. The van der Waals surface area contributed by atoms with Gasteiger partial charge in [0.25, 0.3) is 5.22 Å². The van der Waals surface area contributed by atoms with Crippen LogP contribution in [0.15, 0.2) is 9.64 Å². The summed E-state index contributed by atoms with van der Waals surface area (Å²) in [5.41, 5.74) is 1.01. The quantitative estimate of drug-likeness (QED) is 0.779. The van der Waals surface area contributed by atoms with Gasteiger partial charge in [-0.05, 0) is 33.2 Å². The Hall–Kier alpha value is -0.480. The number of rotatable bonds is 3. The van der Waals surface area contributed by atoms with Crippen LogP contribution in [-0.4, -0.2) is 23.3 Å². The molecule has 0 spiro atoms. The second kappa shape index (κ2) is 4.36. The minimum absolute atomic E-state index is 0.646. The molecule has 1 saturated heterocycles. The molecule has 1 aromatic rings. The van der Waals surface area contributed by atoms with Crippen LogP contribution in [0.4, 0.5) is 0 Å². The Labute approximate surface area is 88.7 Å². The standard InChI is InChI=1S/C10H16N2OS/c1-7-8(2)13-10(12-7)14-6-9-4-3-5-11-9/h9,11H,3-6H2,1-2H3/t9-/m0/s1. The molecule has 1 aromatic heterocycles. The zero-order chi connectivity index (χ0) is 9.97. The lowest BCUT2D eigenvalue weighted by Crippen LogP contribution is -2.23. The lowest BCUT2D eigenvalue weighted by atomic mass is 10.3. The van der Waals surface area contributed by atoms with Crippen LogP contribution in [-0.2, 0) is 0 Å². The van der Waals surface area contributed by atoms with E-state index in [9.17, 15) is 0 Å². The Bertz CT molecular complexity index is 286. The van der Waals surface area contributed by atoms with Crippen molar-refractivity contribution in [3.8, 4) is 0 Å². The maximum absolute atomic E-state index is 5.50. The van der Waals surface area contributed by atoms with Gasteiger partial charge in [-0.3, -0.25) is 0 Å².